The number of nitrogens with zero attached hydrogens (tertiary/aromatic N) is 1. The zero-order valence-corrected chi connectivity index (χ0v) is 11.6. The van der Waals surface area contributed by atoms with Gasteiger partial charge in [0.15, 0.2) is 11.5 Å². The van der Waals surface area contributed by atoms with Crippen molar-refractivity contribution in [2.45, 2.75) is 25.4 Å². The van der Waals surface area contributed by atoms with E-state index in [1.165, 1.54) is 0 Å². The van der Waals surface area contributed by atoms with Gasteiger partial charge in [-0.25, -0.2) is 0 Å². The van der Waals surface area contributed by atoms with Crippen LogP contribution in [0.2, 0.25) is 0 Å². The number of methoxy groups -OCH3 is 1. The van der Waals surface area contributed by atoms with Crippen molar-refractivity contribution in [1.82, 2.24) is 4.90 Å². The zero-order valence-electron chi connectivity index (χ0n) is 11.6. The molecule has 1 saturated heterocycles. The topological polar surface area (TPSA) is 38.8 Å². The van der Waals surface area contributed by atoms with Crippen LogP contribution in [0.25, 0.3) is 0 Å². The molecule has 1 atom stereocenters. The summed E-state index contributed by atoms with van der Waals surface area (Å²) >= 11 is 0. The van der Waals surface area contributed by atoms with Gasteiger partial charge in [-0.3, -0.25) is 0 Å². The average Bonchev–Trinajstić information content (AvgIpc) is 2.82. The number of ether oxygens (including phenoxy) is 2. The number of carbonyl (C=O) groups is 1. The van der Waals surface area contributed by atoms with Gasteiger partial charge in [0.05, 0.1) is 7.11 Å². The van der Waals surface area contributed by atoms with Crippen molar-refractivity contribution in [2.75, 3.05) is 27.2 Å². The van der Waals surface area contributed by atoms with Crippen LogP contribution in [0.4, 0.5) is 0 Å². The summed E-state index contributed by atoms with van der Waals surface area (Å²) in [7, 11) is 3.75. The minimum atomic E-state index is 0.222. The van der Waals surface area contributed by atoms with Crippen molar-refractivity contribution in [3.63, 3.8) is 0 Å². The van der Waals surface area contributed by atoms with Gasteiger partial charge in [0.2, 0.25) is 0 Å². The Kier molecular flexibility index (Phi) is 4.80. The molecule has 0 aliphatic carbocycles. The van der Waals surface area contributed by atoms with Crippen LogP contribution in [0.15, 0.2) is 18.2 Å². The molecule has 4 heteroatoms. The van der Waals surface area contributed by atoms with Crippen LogP contribution < -0.4 is 9.47 Å². The van der Waals surface area contributed by atoms with E-state index in [9.17, 15) is 4.79 Å². The second kappa shape index (κ2) is 6.57. The molecular weight excluding hydrogens is 242 g/mol. The van der Waals surface area contributed by atoms with Gasteiger partial charge in [0, 0.05) is 19.5 Å². The Labute approximate surface area is 114 Å². The highest BCUT2D eigenvalue weighted by molar-refractivity contribution is 5.51. The summed E-state index contributed by atoms with van der Waals surface area (Å²) in [6.07, 6.45) is 3.49. The van der Waals surface area contributed by atoms with E-state index in [0.717, 1.165) is 49.3 Å². The fourth-order valence-electron chi connectivity index (χ4n) is 2.36. The molecule has 1 aliphatic rings. The SMILES string of the molecule is COc1ccc(CCC=O)cc1OC1CCN(C)C1. The minimum Gasteiger partial charge on any atom is -0.493 e. The monoisotopic (exact) mass is 263 g/mol. The Balaban J connectivity index is 2.09. The van der Waals surface area contributed by atoms with Crippen LogP contribution in [0.5, 0.6) is 11.5 Å². The minimum absolute atomic E-state index is 0.222. The average molecular weight is 263 g/mol. The first-order valence-electron chi connectivity index (χ1n) is 6.68. The Hall–Kier alpha value is -1.55. The molecule has 0 saturated carbocycles. The van der Waals surface area contributed by atoms with Crippen molar-refractivity contribution >= 4 is 6.29 Å². The zero-order chi connectivity index (χ0) is 13.7. The number of aryl methyl sites for hydroxylation is 1. The third-order valence-electron chi connectivity index (χ3n) is 3.42. The van der Waals surface area contributed by atoms with Gasteiger partial charge in [-0.1, -0.05) is 6.07 Å². The summed E-state index contributed by atoms with van der Waals surface area (Å²) in [5.74, 6) is 1.54. The highest BCUT2D eigenvalue weighted by atomic mass is 16.5. The number of hydrogen-bond acceptors (Lipinski definition) is 4. The Morgan fingerprint density at radius 2 is 2.26 bits per heavy atom. The lowest BCUT2D eigenvalue weighted by molar-refractivity contribution is -0.107. The van der Waals surface area contributed by atoms with E-state index in [1.54, 1.807) is 7.11 Å². The van der Waals surface area contributed by atoms with Gasteiger partial charge in [0.25, 0.3) is 0 Å². The van der Waals surface area contributed by atoms with Crippen molar-refractivity contribution in [3.8, 4) is 11.5 Å². The summed E-state index contributed by atoms with van der Waals surface area (Å²) < 4.78 is 11.4. The number of hydrogen-bond donors (Lipinski definition) is 0. The molecule has 0 N–H and O–H groups in total. The molecule has 1 aromatic rings. The fraction of sp³-hybridized carbons (Fsp3) is 0.533. The number of benzene rings is 1. The predicted octanol–water partition coefficient (Wildman–Crippen LogP) is 1.91. The van der Waals surface area contributed by atoms with Crippen LogP contribution in [-0.2, 0) is 11.2 Å². The quantitative estimate of drug-likeness (QED) is 0.735. The van der Waals surface area contributed by atoms with E-state index in [-0.39, 0.29) is 6.10 Å². The Morgan fingerprint density at radius 1 is 1.42 bits per heavy atom. The van der Waals surface area contributed by atoms with Crippen molar-refractivity contribution < 1.29 is 14.3 Å². The molecule has 4 nitrogen and oxygen atoms in total. The number of carbonyl (C=O) groups excluding carboxylic acids is 1. The molecular formula is C15H21NO3. The largest absolute Gasteiger partial charge is 0.493 e. The predicted molar refractivity (Wildman–Crippen MR) is 73.9 cm³/mol. The summed E-state index contributed by atoms with van der Waals surface area (Å²) in [4.78, 5) is 12.7. The van der Waals surface area contributed by atoms with E-state index < -0.39 is 0 Å². The van der Waals surface area contributed by atoms with Crippen LogP contribution in [0.3, 0.4) is 0 Å². The summed E-state index contributed by atoms with van der Waals surface area (Å²) in [6.45, 7) is 2.01. The molecule has 0 bridgehead atoms. The maximum atomic E-state index is 10.4. The van der Waals surface area contributed by atoms with Crippen molar-refractivity contribution in [3.05, 3.63) is 23.8 Å². The second-order valence-corrected chi connectivity index (χ2v) is 4.98. The molecule has 1 heterocycles. The molecule has 104 valence electrons. The van der Waals surface area contributed by atoms with Crippen molar-refractivity contribution in [1.29, 1.82) is 0 Å². The van der Waals surface area contributed by atoms with E-state index in [4.69, 9.17) is 9.47 Å². The number of likely N-dealkylation sites (N-methyl/N-ethyl adjacent to an activating group) is 1. The molecule has 0 amide bonds. The van der Waals surface area contributed by atoms with E-state index in [2.05, 4.69) is 11.9 Å². The lowest BCUT2D eigenvalue weighted by Gasteiger charge is -2.17. The normalized spacial score (nSPS) is 19.4. The third kappa shape index (κ3) is 3.70. The lowest BCUT2D eigenvalue weighted by Crippen LogP contribution is -2.21. The lowest BCUT2D eigenvalue weighted by atomic mass is 10.1. The Bertz CT molecular complexity index is 433. The maximum absolute atomic E-state index is 10.4. The third-order valence-corrected chi connectivity index (χ3v) is 3.42. The summed E-state index contributed by atoms with van der Waals surface area (Å²) in [6, 6.07) is 5.88. The van der Waals surface area contributed by atoms with Gasteiger partial charge >= 0.3 is 0 Å². The molecule has 2 rings (SSSR count). The number of aldehydes is 1. The van der Waals surface area contributed by atoms with Crippen LogP contribution in [0.1, 0.15) is 18.4 Å². The molecule has 1 fully saturated rings. The standard InChI is InChI=1S/C15H21NO3/c1-16-8-7-13(11-16)19-15-10-12(4-3-9-17)5-6-14(15)18-2/h5-6,9-10,13H,3-4,7-8,11H2,1-2H3. The highest BCUT2D eigenvalue weighted by Gasteiger charge is 2.22. The van der Waals surface area contributed by atoms with E-state index >= 15 is 0 Å². The molecule has 1 aliphatic heterocycles. The second-order valence-electron chi connectivity index (χ2n) is 4.98. The van der Waals surface area contributed by atoms with Crippen LogP contribution in [0, 0.1) is 0 Å². The number of likely N-dealkylation sites (tertiary alicyclic amines) is 1. The molecule has 0 spiro atoms. The van der Waals surface area contributed by atoms with Crippen LogP contribution >= 0.6 is 0 Å². The summed E-state index contributed by atoms with van der Waals surface area (Å²) in [5, 5.41) is 0. The first kappa shape index (κ1) is 13.9. The van der Waals surface area contributed by atoms with Crippen LogP contribution in [-0.4, -0.2) is 44.5 Å². The molecule has 1 aromatic carbocycles. The molecule has 0 radical (unpaired) electrons. The summed E-state index contributed by atoms with van der Waals surface area (Å²) in [5.41, 5.74) is 1.11. The molecule has 19 heavy (non-hydrogen) atoms. The van der Waals surface area contributed by atoms with E-state index in [1.807, 2.05) is 18.2 Å². The Morgan fingerprint density at radius 3 is 2.89 bits per heavy atom. The van der Waals surface area contributed by atoms with Gasteiger partial charge in [0.1, 0.15) is 12.4 Å². The fourth-order valence-corrected chi connectivity index (χ4v) is 2.36. The highest BCUT2D eigenvalue weighted by Crippen LogP contribution is 2.30. The first-order chi connectivity index (χ1) is 9.22. The maximum Gasteiger partial charge on any atom is 0.161 e. The van der Waals surface area contributed by atoms with Gasteiger partial charge in [-0.05, 0) is 37.6 Å². The smallest absolute Gasteiger partial charge is 0.161 e. The van der Waals surface area contributed by atoms with E-state index in [0.29, 0.717) is 6.42 Å². The van der Waals surface area contributed by atoms with Crippen molar-refractivity contribution in [2.24, 2.45) is 0 Å². The van der Waals surface area contributed by atoms with Gasteiger partial charge < -0.3 is 19.2 Å². The van der Waals surface area contributed by atoms with Gasteiger partial charge in [-0.15, -0.1) is 0 Å². The molecule has 1 unspecified atom stereocenters. The number of rotatable bonds is 6. The first-order valence-corrected chi connectivity index (χ1v) is 6.68. The van der Waals surface area contributed by atoms with Gasteiger partial charge in [-0.2, -0.15) is 0 Å². The molecule has 0 aromatic heterocycles.